The summed E-state index contributed by atoms with van der Waals surface area (Å²) in [6.07, 6.45) is 5.44. The van der Waals surface area contributed by atoms with E-state index in [1.54, 1.807) is 19.1 Å². The van der Waals surface area contributed by atoms with E-state index in [1.807, 2.05) is 0 Å². The van der Waals surface area contributed by atoms with Gasteiger partial charge >= 0.3 is 0 Å². The highest BCUT2D eigenvalue weighted by Crippen LogP contribution is 2.32. The Balaban J connectivity index is 1.86. The number of methoxy groups -OCH3 is 2. The van der Waals surface area contributed by atoms with Gasteiger partial charge in [-0.05, 0) is 18.6 Å². The van der Waals surface area contributed by atoms with E-state index in [2.05, 4.69) is 15.3 Å². The van der Waals surface area contributed by atoms with Gasteiger partial charge in [-0.15, -0.1) is 0 Å². The molecule has 2 aromatic carbocycles. The van der Waals surface area contributed by atoms with Crippen LogP contribution in [0.15, 0.2) is 36.7 Å². The lowest BCUT2D eigenvalue weighted by atomic mass is 10.1. The van der Waals surface area contributed by atoms with Crippen LogP contribution in [0.4, 0.5) is 26.1 Å². The highest BCUT2D eigenvalue weighted by molar-refractivity contribution is 5.73. The summed E-state index contributed by atoms with van der Waals surface area (Å²) in [5, 5.41) is 14.1. The Bertz CT molecular complexity index is 1120. The number of nitrogens with one attached hydrogen (secondary N) is 1. The number of para-hydroxylation sites is 1. The molecule has 0 saturated carbocycles. The molecule has 0 saturated heterocycles. The summed E-state index contributed by atoms with van der Waals surface area (Å²) in [6, 6.07) is 5.80. The number of hydrogen-bond donors (Lipinski definition) is 1. The topological polar surface area (TPSA) is 99.4 Å². The lowest BCUT2D eigenvalue weighted by Crippen LogP contribution is -2.02. The molecule has 0 fully saturated rings. The van der Waals surface area contributed by atoms with E-state index in [1.165, 1.54) is 44.8 Å². The maximum atomic E-state index is 14.4. The van der Waals surface area contributed by atoms with Crippen LogP contribution in [0, 0.1) is 28.7 Å². The van der Waals surface area contributed by atoms with Crippen molar-refractivity contribution >= 4 is 29.5 Å². The number of nitro groups is 1. The van der Waals surface area contributed by atoms with E-state index < -0.39 is 16.6 Å². The fraction of sp³-hybridized carbons (Fsp3) is 0.143. The van der Waals surface area contributed by atoms with Crippen LogP contribution >= 0.6 is 0 Å². The summed E-state index contributed by atoms with van der Waals surface area (Å²) in [5.41, 5.74) is 0.938. The first kappa shape index (κ1) is 21.6. The Morgan fingerprint density at radius 3 is 2.23 bits per heavy atom. The van der Waals surface area contributed by atoms with Crippen molar-refractivity contribution in [1.82, 2.24) is 9.97 Å². The Labute approximate surface area is 176 Å². The zero-order valence-electron chi connectivity index (χ0n) is 16.8. The van der Waals surface area contributed by atoms with Crippen molar-refractivity contribution in [3.8, 4) is 11.5 Å². The van der Waals surface area contributed by atoms with Gasteiger partial charge in [0.05, 0.1) is 24.7 Å². The summed E-state index contributed by atoms with van der Waals surface area (Å²) in [4.78, 5) is 18.9. The second-order valence-corrected chi connectivity index (χ2v) is 6.35. The lowest BCUT2D eigenvalue weighted by molar-refractivity contribution is -0.384. The minimum Gasteiger partial charge on any atom is -0.494 e. The molecular weight excluding hydrogens is 410 g/mol. The first-order chi connectivity index (χ1) is 14.8. The molecule has 1 N–H and O–H groups in total. The van der Waals surface area contributed by atoms with E-state index in [-0.39, 0.29) is 34.4 Å². The molecule has 0 aliphatic heterocycles. The molecule has 3 aromatic rings. The fourth-order valence-electron chi connectivity index (χ4n) is 2.80. The van der Waals surface area contributed by atoms with Crippen molar-refractivity contribution in [2.75, 3.05) is 19.5 Å². The Kier molecular flexibility index (Phi) is 6.39. The molecule has 0 radical (unpaired) electrons. The molecule has 31 heavy (non-hydrogen) atoms. The molecule has 1 aromatic heterocycles. The maximum absolute atomic E-state index is 14.4. The second-order valence-electron chi connectivity index (χ2n) is 6.35. The van der Waals surface area contributed by atoms with Crippen molar-refractivity contribution in [1.29, 1.82) is 0 Å². The van der Waals surface area contributed by atoms with Gasteiger partial charge in [-0.25, -0.2) is 18.7 Å². The largest absolute Gasteiger partial charge is 0.494 e. The minimum absolute atomic E-state index is 0.106. The van der Waals surface area contributed by atoms with Crippen molar-refractivity contribution in [3.05, 3.63) is 75.1 Å². The van der Waals surface area contributed by atoms with Crippen molar-refractivity contribution in [2.45, 2.75) is 6.92 Å². The number of ether oxygens (including phenoxy) is 2. The van der Waals surface area contributed by atoms with Gasteiger partial charge in [0, 0.05) is 30.1 Å². The zero-order chi connectivity index (χ0) is 22.5. The molecule has 160 valence electrons. The average molecular weight is 428 g/mol. The van der Waals surface area contributed by atoms with Crippen LogP contribution in [0.25, 0.3) is 12.2 Å². The molecule has 0 spiro atoms. The third-order valence-corrected chi connectivity index (χ3v) is 4.41. The van der Waals surface area contributed by atoms with E-state index in [0.717, 1.165) is 6.07 Å². The minimum atomic E-state index is -0.872. The summed E-state index contributed by atoms with van der Waals surface area (Å²) < 4.78 is 38.7. The Hall–Kier alpha value is -4.08. The number of hydrogen-bond acceptors (Lipinski definition) is 7. The maximum Gasteiger partial charge on any atom is 0.293 e. The highest BCUT2D eigenvalue weighted by Gasteiger charge is 2.18. The number of anilines is 2. The van der Waals surface area contributed by atoms with Gasteiger partial charge in [0.25, 0.3) is 5.69 Å². The van der Waals surface area contributed by atoms with Crippen molar-refractivity contribution in [3.63, 3.8) is 0 Å². The summed E-state index contributed by atoms with van der Waals surface area (Å²) >= 11 is 0. The fourth-order valence-corrected chi connectivity index (χ4v) is 2.80. The smallest absolute Gasteiger partial charge is 0.293 e. The molecule has 0 bridgehead atoms. The first-order valence-corrected chi connectivity index (χ1v) is 8.96. The van der Waals surface area contributed by atoms with Gasteiger partial charge in [0.1, 0.15) is 5.69 Å². The van der Waals surface area contributed by atoms with Crippen LogP contribution in [0.2, 0.25) is 0 Å². The summed E-state index contributed by atoms with van der Waals surface area (Å²) in [7, 11) is 2.53. The van der Waals surface area contributed by atoms with Gasteiger partial charge in [0.2, 0.25) is 5.95 Å². The number of aryl methyl sites for hydroxylation is 1. The molecule has 0 aliphatic carbocycles. The van der Waals surface area contributed by atoms with Crippen LogP contribution in [-0.4, -0.2) is 29.1 Å². The molecule has 0 unspecified atom stereocenters. The van der Waals surface area contributed by atoms with Crippen molar-refractivity contribution in [2.24, 2.45) is 0 Å². The van der Waals surface area contributed by atoms with E-state index in [4.69, 9.17) is 9.47 Å². The van der Waals surface area contributed by atoms with Gasteiger partial charge in [-0.2, -0.15) is 0 Å². The molecular formula is C21H18F2N4O4. The molecule has 3 rings (SSSR count). The molecule has 10 heteroatoms. The molecule has 8 nitrogen and oxygen atoms in total. The third-order valence-electron chi connectivity index (χ3n) is 4.41. The van der Waals surface area contributed by atoms with E-state index in [0.29, 0.717) is 11.1 Å². The number of rotatable bonds is 7. The predicted octanol–water partition coefficient (Wildman–Crippen LogP) is 4.90. The predicted molar refractivity (Wildman–Crippen MR) is 112 cm³/mol. The number of benzene rings is 2. The second kappa shape index (κ2) is 9.16. The number of nitrogens with zero attached hydrogens (tertiary/aromatic N) is 3. The average Bonchev–Trinajstić information content (AvgIpc) is 2.76. The highest BCUT2D eigenvalue weighted by atomic mass is 19.1. The molecule has 1 heterocycles. The standard InChI is InChI=1S/C21H18F2N4O4/c1-12-5-4-6-15(27(28)29)20(12)26-21-24-10-13(11-25-21)7-8-14-18(22)16(30-2)9-17(31-3)19(14)23/h4-11H,1-3H3,(H,24,25,26)/b8-7+. The lowest BCUT2D eigenvalue weighted by Gasteiger charge is -2.10. The Morgan fingerprint density at radius 2 is 1.68 bits per heavy atom. The van der Waals surface area contributed by atoms with Gasteiger partial charge in [-0.1, -0.05) is 18.2 Å². The zero-order valence-corrected chi connectivity index (χ0v) is 16.8. The van der Waals surface area contributed by atoms with Gasteiger partial charge in [0.15, 0.2) is 23.1 Å². The normalized spacial score (nSPS) is 10.9. The SMILES string of the molecule is COc1cc(OC)c(F)c(/C=C/c2cnc(Nc3c(C)cccc3[N+](=O)[O-])nc2)c1F. The molecule has 0 atom stereocenters. The number of aromatic nitrogens is 2. The van der Waals surface area contributed by atoms with Gasteiger partial charge < -0.3 is 14.8 Å². The number of nitro benzene ring substituents is 1. The molecule has 0 aliphatic rings. The van der Waals surface area contributed by atoms with Crippen molar-refractivity contribution < 1.29 is 23.2 Å². The monoisotopic (exact) mass is 428 g/mol. The quantitative estimate of drug-likeness (QED) is 0.422. The Morgan fingerprint density at radius 1 is 1.06 bits per heavy atom. The summed E-state index contributed by atoms with van der Waals surface area (Å²) in [6.45, 7) is 1.72. The van der Waals surface area contributed by atoms with Crippen LogP contribution < -0.4 is 14.8 Å². The summed E-state index contributed by atoms with van der Waals surface area (Å²) in [5.74, 6) is -1.93. The van der Waals surface area contributed by atoms with Crippen LogP contribution in [-0.2, 0) is 0 Å². The molecule has 0 amide bonds. The van der Waals surface area contributed by atoms with Crippen LogP contribution in [0.3, 0.4) is 0 Å². The van der Waals surface area contributed by atoms with E-state index in [9.17, 15) is 18.9 Å². The number of halogens is 2. The van der Waals surface area contributed by atoms with Crippen LogP contribution in [0.1, 0.15) is 16.7 Å². The third kappa shape index (κ3) is 4.58. The van der Waals surface area contributed by atoms with Crippen LogP contribution in [0.5, 0.6) is 11.5 Å². The van der Waals surface area contributed by atoms with E-state index >= 15 is 0 Å². The first-order valence-electron chi connectivity index (χ1n) is 8.96. The van der Waals surface area contributed by atoms with Gasteiger partial charge in [-0.3, -0.25) is 10.1 Å².